The van der Waals surface area contributed by atoms with Crippen molar-refractivity contribution in [2.75, 3.05) is 6.61 Å². The van der Waals surface area contributed by atoms with Crippen molar-refractivity contribution in [3.8, 4) is 0 Å². The maximum atomic E-state index is 13.2. The number of halogens is 2. The summed E-state index contributed by atoms with van der Waals surface area (Å²) in [5.41, 5.74) is -0.00531. The Morgan fingerprint density at radius 2 is 2.25 bits per heavy atom. The fourth-order valence-corrected chi connectivity index (χ4v) is 1.62. The van der Waals surface area contributed by atoms with E-state index in [1.807, 2.05) is 6.92 Å². The van der Waals surface area contributed by atoms with Crippen LogP contribution in [0.5, 0.6) is 0 Å². The van der Waals surface area contributed by atoms with E-state index >= 15 is 0 Å². The van der Waals surface area contributed by atoms with E-state index in [9.17, 15) is 4.39 Å². The summed E-state index contributed by atoms with van der Waals surface area (Å²) in [5.74, 6) is -0.289. The molecule has 0 saturated carbocycles. The summed E-state index contributed by atoms with van der Waals surface area (Å²) in [6.45, 7) is 2.38. The predicted octanol–water partition coefficient (Wildman–Crippen LogP) is 2.72. The van der Waals surface area contributed by atoms with E-state index in [0.717, 1.165) is 0 Å². The topological polar surface area (TPSA) is 12.5 Å². The summed E-state index contributed by atoms with van der Waals surface area (Å²) in [6.07, 6.45) is 0. The van der Waals surface area contributed by atoms with E-state index in [1.165, 1.54) is 6.07 Å². The van der Waals surface area contributed by atoms with Gasteiger partial charge in [-0.3, -0.25) is 0 Å². The lowest BCUT2D eigenvalue weighted by atomic mass is 10.0. The van der Waals surface area contributed by atoms with E-state index in [0.29, 0.717) is 17.2 Å². The molecule has 3 heteroatoms. The van der Waals surface area contributed by atoms with Gasteiger partial charge in [0.2, 0.25) is 0 Å². The fraction of sp³-hybridized carbons (Fsp3) is 0.333. The van der Waals surface area contributed by atoms with Crippen LogP contribution in [0.25, 0.3) is 0 Å². The minimum Gasteiger partial charge on any atom is -0.365 e. The van der Waals surface area contributed by atoms with E-state index < -0.39 is 5.60 Å². The Balaban J connectivity index is 2.55. The second kappa shape index (κ2) is 2.44. The summed E-state index contributed by atoms with van der Waals surface area (Å²) < 4.78 is 18.3. The Morgan fingerprint density at radius 3 is 2.75 bits per heavy atom. The van der Waals surface area contributed by atoms with E-state index in [-0.39, 0.29) is 5.82 Å². The molecule has 1 aromatic rings. The molecule has 0 spiro atoms. The molecule has 1 unspecified atom stereocenters. The van der Waals surface area contributed by atoms with Crippen LogP contribution >= 0.6 is 11.6 Å². The third-order valence-corrected chi connectivity index (χ3v) is 2.38. The lowest BCUT2D eigenvalue weighted by Gasteiger charge is -2.08. The second-order valence-electron chi connectivity index (χ2n) is 3.12. The molecule has 64 valence electrons. The molecular weight excluding hydrogens is 179 g/mol. The highest BCUT2D eigenvalue weighted by atomic mass is 35.5. The van der Waals surface area contributed by atoms with Gasteiger partial charge in [-0.15, -0.1) is 0 Å². The van der Waals surface area contributed by atoms with Crippen LogP contribution in [-0.2, 0) is 10.3 Å². The van der Waals surface area contributed by atoms with Crippen molar-refractivity contribution < 1.29 is 9.13 Å². The van der Waals surface area contributed by atoms with Gasteiger partial charge in [0, 0.05) is 10.6 Å². The molecule has 1 atom stereocenters. The van der Waals surface area contributed by atoms with E-state index in [2.05, 4.69) is 0 Å². The Kier molecular flexibility index (Phi) is 1.63. The zero-order chi connectivity index (χ0) is 8.77. The summed E-state index contributed by atoms with van der Waals surface area (Å²) in [4.78, 5) is 0. The Bertz CT molecular complexity index is 300. The van der Waals surface area contributed by atoms with Crippen molar-refractivity contribution in [3.05, 3.63) is 34.6 Å². The highest BCUT2D eigenvalue weighted by Gasteiger charge is 2.44. The molecule has 0 bridgehead atoms. The van der Waals surface area contributed by atoms with Gasteiger partial charge in [-0.2, -0.15) is 0 Å². The minimum absolute atomic E-state index is 0.289. The highest BCUT2D eigenvalue weighted by Crippen LogP contribution is 2.42. The molecular formula is C9H8ClFO. The van der Waals surface area contributed by atoms with Gasteiger partial charge in [0.05, 0.1) is 6.61 Å². The average molecular weight is 187 g/mol. The molecule has 1 aromatic carbocycles. The summed E-state index contributed by atoms with van der Waals surface area (Å²) in [6, 6.07) is 4.66. The van der Waals surface area contributed by atoms with Crippen LogP contribution in [0.4, 0.5) is 4.39 Å². The number of hydrogen-bond donors (Lipinski definition) is 0. The molecule has 0 amide bonds. The van der Waals surface area contributed by atoms with Gasteiger partial charge in [0.15, 0.2) is 0 Å². The monoisotopic (exact) mass is 186 g/mol. The predicted molar refractivity (Wildman–Crippen MR) is 44.7 cm³/mol. The van der Waals surface area contributed by atoms with Gasteiger partial charge in [0.1, 0.15) is 11.4 Å². The zero-order valence-electron chi connectivity index (χ0n) is 6.60. The molecule has 1 aliphatic rings. The molecule has 1 aliphatic heterocycles. The number of hydrogen-bond acceptors (Lipinski definition) is 1. The summed E-state index contributed by atoms with van der Waals surface area (Å²) in [5, 5.41) is 0.440. The third-order valence-electron chi connectivity index (χ3n) is 2.07. The van der Waals surface area contributed by atoms with Crippen molar-refractivity contribution in [3.63, 3.8) is 0 Å². The second-order valence-corrected chi connectivity index (χ2v) is 3.52. The number of rotatable bonds is 1. The number of benzene rings is 1. The van der Waals surface area contributed by atoms with Crippen molar-refractivity contribution >= 4 is 11.6 Å². The first-order valence-electron chi connectivity index (χ1n) is 3.72. The van der Waals surface area contributed by atoms with E-state index in [4.69, 9.17) is 16.3 Å². The van der Waals surface area contributed by atoms with Crippen LogP contribution in [0.2, 0.25) is 5.02 Å². The lowest BCUT2D eigenvalue weighted by Crippen LogP contribution is -2.06. The van der Waals surface area contributed by atoms with Crippen molar-refractivity contribution in [1.82, 2.24) is 0 Å². The zero-order valence-corrected chi connectivity index (χ0v) is 7.36. The Labute approximate surface area is 75.1 Å². The highest BCUT2D eigenvalue weighted by molar-refractivity contribution is 6.31. The van der Waals surface area contributed by atoms with Crippen molar-refractivity contribution in [2.24, 2.45) is 0 Å². The van der Waals surface area contributed by atoms with Crippen LogP contribution in [0.1, 0.15) is 12.5 Å². The van der Waals surface area contributed by atoms with Gasteiger partial charge in [0.25, 0.3) is 0 Å². The average Bonchev–Trinajstić information content (AvgIpc) is 2.68. The van der Waals surface area contributed by atoms with Crippen LogP contribution in [0.15, 0.2) is 18.2 Å². The fourth-order valence-electron chi connectivity index (χ4n) is 1.26. The van der Waals surface area contributed by atoms with Crippen LogP contribution < -0.4 is 0 Å². The van der Waals surface area contributed by atoms with Gasteiger partial charge < -0.3 is 4.74 Å². The molecule has 0 N–H and O–H groups in total. The SMILES string of the molecule is CC1(c2c(F)cccc2Cl)CO1. The molecule has 2 rings (SSSR count). The number of epoxide rings is 1. The smallest absolute Gasteiger partial charge is 0.130 e. The summed E-state index contributed by atoms with van der Waals surface area (Å²) in [7, 11) is 0. The number of ether oxygens (including phenoxy) is 1. The van der Waals surface area contributed by atoms with Crippen LogP contribution in [-0.4, -0.2) is 6.61 Å². The molecule has 1 nitrogen and oxygen atoms in total. The normalized spacial score (nSPS) is 27.2. The van der Waals surface area contributed by atoms with Crippen molar-refractivity contribution in [2.45, 2.75) is 12.5 Å². The summed E-state index contributed by atoms with van der Waals surface area (Å²) >= 11 is 5.83. The van der Waals surface area contributed by atoms with Gasteiger partial charge in [-0.05, 0) is 19.1 Å². The Morgan fingerprint density at radius 1 is 1.58 bits per heavy atom. The maximum Gasteiger partial charge on any atom is 0.130 e. The van der Waals surface area contributed by atoms with Gasteiger partial charge in [-0.1, -0.05) is 17.7 Å². The molecule has 0 aromatic heterocycles. The standard InChI is InChI=1S/C9H8ClFO/c1-9(5-12-9)8-6(10)3-2-4-7(8)11/h2-4H,5H2,1H3. The molecule has 1 fully saturated rings. The quantitative estimate of drug-likeness (QED) is 0.615. The van der Waals surface area contributed by atoms with E-state index in [1.54, 1.807) is 12.1 Å². The maximum absolute atomic E-state index is 13.2. The first-order chi connectivity index (χ1) is 5.63. The molecule has 12 heavy (non-hydrogen) atoms. The molecule has 1 saturated heterocycles. The first kappa shape index (κ1) is 8.02. The van der Waals surface area contributed by atoms with Crippen LogP contribution in [0.3, 0.4) is 0 Å². The minimum atomic E-state index is -0.484. The Hall–Kier alpha value is -0.600. The van der Waals surface area contributed by atoms with Crippen molar-refractivity contribution in [1.29, 1.82) is 0 Å². The van der Waals surface area contributed by atoms with Gasteiger partial charge >= 0.3 is 0 Å². The van der Waals surface area contributed by atoms with Crippen LogP contribution in [0, 0.1) is 5.82 Å². The van der Waals surface area contributed by atoms with Gasteiger partial charge in [-0.25, -0.2) is 4.39 Å². The molecule has 0 aliphatic carbocycles. The third kappa shape index (κ3) is 1.11. The molecule has 1 heterocycles. The molecule has 0 radical (unpaired) electrons. The lowest BCUT2D eigenvalue weighted by molar-refractivity contribution is 0.322. The first-order valence-corrected chi connectivity index (χ1v) is 4.10. The largest absolute Gasteiger partial charge is 0.365 e.